The Morgan fingerprint density at radius 2 is 1.46 bits per heavy atom. The summed E-state index contributed by atoms with van der Waals surface area (Å²) in [6.45, 7) is 1.86. The standard InChI is InChI=1S/C21H19ClN2O2/c22-18-10-4-5-11-19(18)24-20(25)16-9-3-2-8-15(16)17(21(24)26)14-23-12-6-1-7-13-23/h2-5,8-11,14H,1,6-7,12-13H2/b17-14-. The number of para-hydroxylation sites is 1. The summed E-state index contributed by atoms with van der Waals surface area (Å²) in [4.78, 5) is 29.7. The number of nitrogens with zero attached hydrogens (tertiary/aromatic N) is 2. The topological polar surface area (TPSA) is 40.6 Å². The Bertz CT molecular complexity index is 900. The molecular weight excluding hydrogens is 348 g/mol. The lowest BCUT2D eigenvalue weighted by Gasteiger charge is -2.31. The first-order chi connectivity index (χ1) is 12.7. The molecule has 26 heavy (non-hydrogen) atoms. The summed E-state index contributed by atoms with van der Waals surface area (Å²) in [6.07, 6.45) is 5.37. The second-order valence-electron chi connectivity index (χ2n) is 6.58. The van der Waals surface area contributed by atoms with Gasteiger partial charge in [0.25, 0.3) is 11.8 Å². The van der Waals surface area contributed by atoms with Crippen molar-refractivity contribution in [1.29, 1.82) is 0 Å². The maximum absolute atomic E-state index is 13.3. The highest BCUT2D eigenvalue weighted by Crippen LogP contribution is 2.35. The average molecular weight is 367 g/mol. The fourth-order valence-electron chi connectivity index (χ4n) is 3.56. The van der Waals surface area contributed by atoms with Crippen molar-refractivity contribution in [3.05, 3.63) is 70.9 Å². The van der Waals surface area contributed by atoms with E-state index in [0.717, 1.165) is 25.9 Å². The number of benzene rings is 2. The molecule has 132 valence electrons. The van der Waals surface area contributed by atoms with Crippen molar-refractivity contribution in [2.75, 3.05) is 18.0 Å². The molecular formula is C21H19ClN2O2. The van der Waals surface area contributed by atoms with Crippen molar-refractivity contribution in [2.45, 2.75) is 19.3 Å². The molecule has 2 heterocycles. The molecule has 0 N–H and O–H groups in total. The van der Waals surface area contributed by atoms with Gasteiger partial charge in [-0.3, -0.25) is 9.59 Å². The predicted octanol–water partition coefficient (Wildman–Crippen LogP) is 4.35. The third-order valence-electron chi connectivity index (χ3n) is 4.88. The Morgan fingerprint density at radius 1 is 0.808 bits per heavy atom. The van der Waals surface area contributed by atoms with Gasteiger partial charge >= 0.3 is 0 Å². The molecule has 5 heteroatoms. The van der Waals surface area contributed by atoms with Crippen LogP contribution in [-0.4, -0.2) is 29.8 Å². The maximum atomic E-state index is 13.3. The van der Waals surface area contributed by atoms with Crippen molar-refractivity contribution in [3.8, 4) is 0 Å². The molecule has 0 atom stereocenters. The van der Waals surface area contributed by atoms with E-state index in [2.05, 4.69) is 4.90 Å². The second-order valence-corrected chi connectivity index (χ2v) is 6.99. The van der Waals surface area contributed by atoms with Gasteiger partial charge in [-0.15, -0.1) is 0 Å². The number of halogens is 1. The van der Waals surface area contributed by atoms with E-state index in [-0.39, 0.29) is 11.8 Å². The van der Waals surface area contributed by atoms with E-state index in [0.29, 0.717) is 27.4 Å². The third kappa shape index (κ3) is 2.90. The highest BCUT2D eigenvalue weighted by Gasteiger charge is 2.37. The molecule has 2 aromatic carbocycles. The van der Waals surface area contributed by atoms with Crippen molar-refractivity contribution in [1.82, 2.24) is 4.90 Å². The molecule has 0 radical (unpaired) electrons. The molecule has 0 aromatic heterocycles. The molecule has 0 unspecified atom stereocenters. The first-order valence-electron chi connectivity index (χ1n) is 8.85. The fourth-order valence-corrected chi connectivity index (χ4v) is 3.78. The Hall–Kier alpha value is -2.59. The van der Waals surface area contributed by atoms with Crippen LogP contribution >= 0.6 is 11.6 Å². The van der Waals surface area contributed by atoms with E-state index < -0.39 is 0 Å². The Balaban J connectivity index is 1.84. The molecule has 0 bridgehead atoms. The van der Waals surface area contributed by atoms with E-state index in [9.17, 15) is 9.59 Å². The number of piperidine rings is 1. The molecule has 1 fully saturated rings. The summed E-state index contributed by atoms with van der Waals surface area (Å²) < 4.78 is 0. The van der Waals surface area contributed by atoms with E-state index in [1.54, 1.807) is 30.3 Å². The zero-order chi connectivity index (χ0) is 18.1. The van der Waals surface area contributed by atoms with Crippen molar-refractivity contribution < 1.29 is 9.59 Å². The van der Waals surface area contributed by atoms with Gasteiger partial charge in [-0.1, -0.05) is 41.9 Å². The third-order valence-corrected chi connectivity index (χ3v) is 5.20. The minimum Gasteiger partial charge on any atom is -0.377 e. The van der Waals surface area contributed by atoms with Gasteiger partial charge in [0.1, 0.15) is 0 Å². The van der Waals surface area contributed by atoms with Crippen LogP contribution in [0.25, 0.3) is 5.57 Å². The fraction of sp³-hybridized carbons (Fsp3) is 0.238. The Labute approximate surface area is 157 Å². The number of carbonyl (C=O) groups is 2. The molecule has 2 aliphatic heterocycles. The first-order valence-corrected chi connectivity index (χ1v) is 9.23. The van der Waals surface area contributed by atoms with E-state index in [1.807, 2.05) is 24.4 Å². The predicted molar refractivity (Wildman–Crippen MR) is 103 cm³/mol. The van der Waals surface area contributed by atoms with Gasteiger partial charge in [0, 0.05) is 30.4 Å². The van der Waals surface area contributed by atoms with Crippen molar-refractivity contribution >= 4 is 34.7 Å². The summed E-state index contributed by atoms with van der Waals surface area (Å²) in [5, 5.41) is 0.380. The van der Waals surface area contributed by atoms with Gasteiger partial charge in [0.15, 0.2) is 0 Å². The number of likely N-dealkylation sites (tertiary alicyclic amines) is 1. The summed E-state index contributed by atoms with van der Waals surface area (Å²) in [5.41, 5.74) is 2.18. The van der Waals surface area contributed by atoms with Crippen LogP contribution in [0.5, 0.6) is 0 Å². The number of hydrogen-bond donors (Lipinski definition) is 0. The van der Waals surface area contributed by atoms with Gasteiger partial charge in [-0.25, -0.2) is 4.90 Å². The molecule has 0 spiro atoms. The van der Waals surface area contributed by atoms with Gasteiger partial charge in [-0.05, 0) is 37.5 Å². The first kappa shape index (κ1) is 16.9. The highest BCUT2D eigenvalue weighted by molar-refractivity contribution is 6.43. The van der Waals surface area contributed by atoms with Crippen LogP contribution in [0.4, 0.5) is 5.69 Å². The molecule has 2 aromatic rings. The largest absolute Gasteiger partial charge is 0.377 e. The van der Waals surface area contributed by atoms with Gasteiger partial charge in [-0.2, -0.15) is 0 Å². The van der Waals surface area contributed by atoms with Crippen LogP contribution in [0.2, 0.25) is 5.02 Å². The van der Waals surface area contributed by atoms with Gasteiger partial charge in [0.05, 0.1) is 16.3 Å². The zero-order valence-corrected chi connectivity index (χ0v) is 15.1. The average Bonchev–Trinajstić information content (AvgIpc) is 2.67. The smallest absolute Gasteiger partial charge is 0.267 e. The molecule has 0 saturated carbocycles. The number of hydrogen-bond acceptors (Lipinski definition) is 3. The van der Waals surface area contributed by atoms with Gasteiger partial charge in [0.2, 0.25) is 0 Å². The summed E-state index contributed by atoms with van der Waals surface area (Å²) in [5.74, 6) is -0.665. The minimum atomic E-state index is -0.338. The van der Waals surface area contributed by atoms with Crippen LogP contribution in [0.15, 0.2) is 54.7 Å². The number of fused-ring (bicyclic) bond motifs is 1. The molecule has 1 saturated heterocycles. The number of amides is 2. The van der Waals surface area contributed by atoms with E-state index >= 15 is 0 Å². The molecule has 4 rings (SSSR count). The maximum Gasteiger partial charge on any atom is 0.267 e. The highest BCUT2D eigenvalue weighted by atomic mass is 35.5. The summed E-state index contributed by atoms with van der Waals surface area (Å²) >= 11 is 6.28. The number of rotatable bonds is 2. The lowest BCUT2D eigenvalue weighted by molar-refractivity contribution is -0.112. The van der Waals surface area contributed by atoms with Crippen LogP contribution in [0.3, 0.4) is 0 Å². The number of anilines is 1. The van der Waals surface area contributed by atoms with E-state index in [4.69, 9.17) is 11.6 Å². The van der Waals surface area contributed by atoms with Gasteiger partial charge < -0.3 is 4.90 Å². The number of imide groups is 1. The lowest BCUT2D eigenvalue weighted by Crippen LogP contribution is -2.42. The van der Waals surface area contributed by atoms with Crippen LogP contribution in [-0.2, 0) is 4.79 Å². The molecule has 4 nitrogen and oxygen atoms in total. The monoisotopic (exact) mass is 366 g/mol. The van der Waals surface area contributed by atoms with Crippen molar-refractivity contribution in [3.63, 3.8) is 0 Å². The minimum absolute atomic E-state index is 0.327. The normalized spacial score (nSPS) is 19.0. The summed E-state index contributed by atoms with van der Waals surface area (Å²) in [7, 11) is 0. The Kier molecular flexibility index (Phi) is 4.51. The van der Waals surface area contributed by atoms with Crippen molar-refractivity contribution in [2.24, 2.45) is 0 Å². The Morgan fingerprint density at radius 3 is 2.19 bits per heavy atom. The molecule has 0 aliphatic carbocycles. The second kappa shape index (κ2) is 6.96. The summed E-state index contributed by atoms with van der Waals surface area (Å²) in [6, 6.07) is 14.2. The van der Waals surface area contributed by atoms with Crippen LogP contribution in [0.1, 0.15) is 35.2 Å². The van der Waals surface area contributed by atoms with E-state index in [1.165, 1.54) is 11.3 Å². The number of carbonyl (C=O) groups excluding carboxylic acids is 2. The lowest BCUT2D eigenvalue weighted by atomic mass is 9.93. The molecule has 2 aliphatic rings. The van der Waals surface area contributed by atoms with Crippen LogP contribution < -0.4 is 4.90 Å². The van der Waals surface area contributed by atoms with Crippen LogP contribution in [0, 0.1) is 0 Å². The SMILES string of the molecule is O=C1/C(=C\N2CCCCC2)c2ccccc2C(=O)N1c1ccccc1Cl. The zero-order valence-electron chi connectivity index (χ0n) is 14.3. The quantitative estimate of drug-likeness (QED) is 0.586. The molecule has 2 amide bonds.